The number of hydrogen-bond donors (Lipinski definition) is 4. The zero-order valence-corrected chi connectivity index (χ0v) is 44.7. The Hall–Kier alpha value is -7.41. The highest BCUT2D eigenvalue weighted by Gasteiger charge is 2.44. The highest BCUT2D eigenvalue weighted by molar-refractivity contribution is 5.93. The Morgan fingerprint density at radius 2 is 1.47 bits per heavy atom. The van der Waals surface area contributed by atoms with Gasteiger partial charge in [-0.1, -0.05) is 30.7 Å². The summed E-state index contributed by atoms with van der Waals surface area (Å²) in [4.78, 5) is 73.4. The fraction of sp³-hybridized carbons (Fsp3) is 0.483. The molecule has 0 radical (unpaired) electrons. The van der Waals surface area contributed by atoms with Gasteiger partial charge in [0.25, 0.3) is 0 Å². The molecule has 2 aromatic carbocycles. The van der Waals surface area contributed by atoms with Crippen molar-refractivity contribution in [2.24, 2.45) is 17.8 Å². The molecule has 19 heteroatoms. The van der Waals surface area contributed by atoms with Crippen molar-refractivity contribution in [2.45, 2.75) is 129 Å². The smallest absolute Gasteiger partial charge is 0.407 e. The maximum Gasteiger partial charge on any atom is 0.407 e. The minimum atomic E-state index is -0.918. The number of ether oxygens (including phenoxy) is 5. The number of hydrogen-bond acceptors (Lipinski definition) is 11. The molecule has 8 heterocycles. The molecule has 77 heavy (non-hydrogen) atoms. The summed E-state index contributed by atoms with van der Waals surface area (Å²) in [7, 11) is 2.56. The minimum absolute atomic E-state index is 0.0560. The third kappa shape index (κ3) is 9.86. The number of halogens is 1. The van der Waals surface area contributed by atoms with Gasteiger partial charge >= 0.3 is 12.2 Å². The van der Waals surface area contributed by atoms with Crippen molar-refractivity contribution in [2.75, 3.05) is 33.9 Å². The number of nitrogens with one attached hydrogen (secondary N) is 4. The number of rotatable bonds is 11. The molecule has 4 amide bonds. The molecule has 5 aromatic rings. The van der Waals surface area contributed by atoms with E-state index < -0.39 is 42.4 Å². The summed E-state index contributed by atoms with van der Waals surface area (Å²) in [6.45, 7) is 11.6. The first-order valence-corrected chi connectivity index (χ1v) is 27.1. The van der Waals surface area contributed by atoms with Gasteiger partial charge in [0.2, 0.25) is 11.8 Å². The first kappa shape index (κ1) is 51.7. The van der Waals surface area contributed by atoms with Gasteiger partial charge in [-0.25, -0.2) is 23.9 Å². The van der Waals surface area contributed by atoms with Gasteiger partial charge in [0.1, 0.15) is 35.3 Å². The Bertz CT molecular complexity index is 3200. The number of aromatic amines is 2. The van der Waals surface area contributed by atoms with Gasteiger partial charge in [-0.15, -0.1) is 0 Å². The fourth-order valence-corrected chi connectivity index (χ4v) is 12.9. The van der Waals surface area contributed by atoms with E-state index in [1.807, 2.05) is 56.9 Å². The van der Waals surface area contributed by atoms with Gasteiger partial charge in [-0.3, -0.25) is 9.59 Å². The number of benzene rings is 2. The number of alkyl carbamates (subject to hydrolysis) is 2. The summed E-state index contributed by atoms with van der Waals surface area (Å²) in [5.41, 5.74) is 6.49. The van der Waals surface area contributed by atoms with E-state index in [1.165, 1.54) is 20.3 Å². The molecule has 0 spiro atoms. The molecule has 1 aliphatic carbocycles. The number of H-pyrrole nitrogens is 2. The molecular formula is C58H68FN9O9. The van der Waals surface area contributed by atoms with Gasteiger partial charge in [-0.2, -0.15) is 0 Å². The lowest BCUT2D eigenvalue weighted by atomic mass is 9.77. The molecule has 3 aromatic heterocycles. The van der Waals surface area contributed by atoms with Crippen molar-refractivity contribution in [1.29, 1.82) is 0 Å². The van der Waals surface area contributed by atoms with Crippen LogP contribution in [0.4, 0.5) is 14.0 Å². The Morgan fingerprint density at radius 1 is 0.805 bits per heavy atom. The fourth-order valence-electron chi connectivity index (χ4n) is 12.9. The molecule has 10 atom stereocenters. The van der Waals surface area contributed by atoms with Gasteiger partial charge < -0.3 is 58.7 Å². The topological polar surface area (TPSA) is 207 Å². The molecule has 0 bridgehead atoms. The number of carbonyl (C=O) groups is 4. The van der Waals surface area contributed by atoms with Crippen LogP contribution in [0.25, 0.3) is 44.7 Å². The number of aromatic nitrogens is 5. The van der Waals surface area contributed by atoms with Crippen molar-refractivity contribution in [1.82, 2.24) is 44.9 Å². The number of amides is 4. The Balaban J connectivity index is 0.912. The van der Waals surface area contributed by atoms with Crippen molar-refractivity contribution < 1.29 is 47.3 Å². The van der Waals surface area contributed by atoms with Crippen LogP contribution in [0.5, 0.6) is 5.75 Å². The third-order valence-electron chi connectivity index (χ3n) is 16.4. The lowest BCUT2D eigenvalue weighted by Gasteiger charge is -2.39. The zero-order chi connectivity index (χ0) is 53.8. The molecule has 4 fully saturated rings. The first-order valence-electron chi connectivity index (χ1n) is 27.1. The highest BCUT2D eigenvalue weighted by Crippen LogP contribution is 2.51. The molecular weight excluding hydrogens is 986 g/mol. The molecule has 0 saturated carbocycles. The van der Waals surface area contributed by atoms with Crippen molar-refractivity contribution in [3.63, 3.8) is 0 Å². The van der Waals surface area contributed by atoms with Crippen LogP contribution < -0.4 is 15.4 Å². The molecule has 4 N–H and O–H groups in total. The van der Waals surface area contributed by atoms with Crippen molar-refractivity contribution in [3.8, 4) is 39.5 Å². The normalized spacial score (nSPS) is 25.5. The second kappa shape index (κ2) is 21.2. The number of nitrogens with zero attached hydrogens (tertiary/aromatic N) is 5. The van der Waals surface area contributed by atoms with Crippen LogP contribution in [0, 0.1) is 23.6 Å². The first-order chi connectivity index (χ1) is 37.2. The van der Waals surface area contributed by atoms with E-state index >= 15 is 4.39 Å². The number of fused-ring (bicyclic) bond motifs is 6. The van der Waals surface area contributed by atoms with Crippen LogP contribution in [0.15, 0.2) is 83.9 Å². The minimum Gasteiger partial charge on any atom is -0.498 e. The maximum absolute atomic E-state index is 17.2. The molecule has 4 saturated heterocycles. The second-order valence-corrected chi connectivity index (χ2v) is 21.8. The average Bonchev–Trinajstić information content (AvgIpc) is 4.29. The predicted octanol–water partition coefficient (Wildman–Crippen LogP) is 9.95. The highest BCUT2D eigenvalue weighted by atomic mass is 19.1. The van der Waals surface area contributed by atoms with Crippen LogP contribution in [0.1, 0.15) is 116 Å². The van der Waals surface area contributed by atoms with E-state index in [4.69, 9.17) is 33.7 Å². The van der Waals surface area contributed by atoms with E-state index in [-0.39, 0.29) is 47.8 Å². The SMILES string of the molecule is COC(=O)NC(C=C(C)C)C(=O)N1CCC[C@H]1c1ncc(-c2cc(F)c3c(c2)OC(C2=CC=C4OCCCC4C2C)n2c-3cc3cc(-c4cnc([C@@H]5CCCN5C(=O)C(NC(=O)OC)C5C[C@@H](C)O[C@@H](C)C5)[nH]4)ccc32)[nH]1. The number of carbonyl (C=O) groups excluding carboxylic acids is 4. The van der Waals surface area contributed by atoms with E-state index in [0.717, 1.165) is 64.7 Å². The lowest BCUT2D eigenvalue weighted by molar-refractivity contribution is -0.138. The number of methoxy groups -OCH3 is 2. The van der Waals surface area contributed by atoms with Gasteiger partial charge in [0, 0.05) is 35.5 Å². The standard InChI is InChI=1S/C58H68FN9O9/c1-30(2)21-41(64-57(71)73-6)54(69)66-18-8-12-45(66)52-61-29-43(63-52)35-25-40(59)50-47-26-36-24-34(14-16-44(36)68(47)56(77-49(50)27-35)39-15-17-48-38(33(39)5)11-10-20-75-48)42-28-60-53(62-42)46-13-9-19-67(46)55(70)51(65-58(72)74-7)37-22-31(3)76-32(4)23-37/h14-17,21,24-29,31-33,37-38,41,45-46,51,56H,8-13,18-20,22-23H2,1-7H3,(H,60,62)(H,61,63)(H,64,71)(H,65,72)/t31-,32+,33?,37?,38?,41?,45-,46-,51?,56?/m0/s1. The third-order valence-corrected chi connectivity index (χ3v) is 16.4. The summed E-state index contributed by atoms with van der Waals surface area (Å²) in [5, 5.41) is 6.39. The number of imidazole rings is 2. The Kier molecular flexibility index (Phi) is 14.2. The van der Waals surface area contributed by atoms with Crippen molar-refractivity contribution in [3.05, 3.63) is 101 Å². The monoisotopic (exact) mass is 1050 g/mol. The molecule has 6 unspecified atom stereocenters. The van der Waals surface area contributed by atoms with Crippen LogP contribution >= 0.6 is 0 Å². The molecule has 406 valence electrons. The van der Waals surface area contributed by atoms with Crippen LogP contribution in [-0.2, 0) is 28.5 Å². The summed E-state index contributed by atoms with van der Waals surface area (Å²) < 4.78 is 48.3. The zero-order valence-electron chi connectivity index (χ0n) is 44.7. The van der Waals surface area contributed by atoms with E-state index in [1.54, 1.807) is 23.4 Å². The summed E-state index contributed by atoms with van der Waals surface area (Å²) >= 11 is 0. The van der Waals surface area contributed by atoms with E-state index in [0.29, 0.717) is 85.3 Å². The molecule has 18 nitrogen and oxygen atoms in total. The molecule has 5 aliphatic heterocycles. The Morgan fingerprint density at radius 3 is 2.14 bits per heavy atom. The van der Waals surface area contributed by atoms with Gasteiger partial charge in [-0.05, 0) is 133 Å². The van der Waals surface area contributed by atoms with Crippen LogP contribution in [0.2, 0.25) is 0 Å². The average molecular weight is 1050 g/mol. The summed E-state index contributed by atoms with van der Waals surface area (Å²) in [6, 6.07) is 9.10. The number of allylic oxidation sites excluding steroid dienone is 4. The summed E-state index contributed by atoms with van der Waals surface area (Å²) in [6.07, 6.45) is 13.3. The predicted molar refractivity (Wildman–Crippen MR) is 284 cm³/mol. The van der Waals surface area contributed by atoms with Crippen LogP contribution in [-0.4, -0.2) is 117 Å². The molecule has 11 rings (SSSR count). The van der Waals surface area contributed by atoms with E-state index in [9.17, 15) is 19.2 Å². The van der Waals surface area contributed by atoms with Crippen LogP contribution in [0.3, 0.4) is 0 Å². The van der Waals surface area contributed by atoms with Crippen molar-refractivity contribution >= 4 is 34.9 Å². The largest absolute Gasteiger partial charge is 0.498 e. The summed E-state index contributed by atoms with van der Waals surface area (Å²) in [5.74, 6) is 1.78. The second-order valence-electron chi connectivity index (χ2n) is 21.8. The van der Waals surface area contributed by atoms with Gasteiger partial charge in [0.05, 0.1) is 91.4 Å². The number of likely N-dealkylation sites (tertiary alicyclic amines) is 2. The quantitative estimate of drug-likeness (QED) is 0.0916. The Labute approximate surface area is 446 Å². The van der Waals surface area contributed by atoms with E-state index in [2.05, 4.69) is 50.3 Å². The van der Waals surface area contributed by atoms with Gasteiger partial charge in [0.15, 0.2) is 6.23 Å². The lowest BCUT2D eigenvalue weighted by Crippen LogP contribution is -2.54. The molecule has 6 aliphatic rings. The maximum atomic E-state index is 17.2.